The fourth-order valence-corrected chi connectivity index (χ4v) is 3.12. The van der Waals surface area contributed by atoms with Gasteiger partial charge in [0, 0.05) is 17.9 Å². The highest BCUT2D eigenvalue weighted by Gasteiger charge is 2.28. The lowest BCUT2D eigenvalue weighted by atomic mass is 9.94. The van der Waals surface area contributed by atoms with Crippen molar-refractivity contribution in [1.29, 1.82) is 0 Å². The summed E-state index contributed by atoms with van der Waals surface area (Å²) in [6.45, 7) is 0.130. The van der Waals surface area contributed by atoms with Gasteiger partial charge in [0.25, 0.3) is 0 Å². The molecular formula is C13H16N2O6S. The number of phenols is 2. The third-order valence-electron chi connectivity index (χ3n) is 3.42. The Kier molecular flexibility index (Phi) is 4.79. The summed E-state index contributed by atoms with van der Waals surface area (Å²) in [5, 5.41) is 40.5. The summed E-state index contributed by atoms with van der Waals surface area (Å²) >= 11 is 0.996. The maximum absolute atomic E-state index is 11.0. The number of nitrogens with one attached hydrogen (secondary N) is 1. The first-order valence-corrected chi connectivity index (χ1v) is 7.43. The van der Waals surface area contributed by atoms with Crippen molar-refractivity contribution < 1.29 is 30.0 Å². The van der Waals surface area contributed by atoms with Crippen LogP contribution in [-0.4, -0.2) is 50.2 Å². The number of benzene rings is 1. The van der Waals surface area contributed by atoms with Gasteiger partial charge < -0.3 is 26.2 Å². The molecule has 1 heterocycles. The van der Waals surface area contributed by atoms with Crippen LogP contribution in [0.4, 0.5) is 0 Å². The quantitative estimate of drug-likeness (QED) is 0.316. The largest absolute Gasteiger partial charge is 0.504 e. The number of nitrogens with two attached hydrogens (primary N) is 1. The van der Waals surface area contributed by atoms with Gasteiger partial charge in [-0.05, 0) is 18.1 Å². The molecule has 0 aromatic heterocycles. The molecule has 0 aliphatic carbocycles. The number of carboxylic acids is 2. The van der Waals surface area contributed by atoms with E-state index in [1.54, 1.807) is 6.07 Å². The van der Waals surface area contributed by atoms with Gasteiger partial charge in [-0.2, -0.15) is 0 Å². The minimum absolute atomic E-state index is 0.0156. The lowest BCUT2D eigenvalue weighted by Gasteiger charge is -2.25. The third-order valence-corrected chi connectivity index (χ3v) is 4.57. The molecule has 0 saturated carbocycles. The summed E-state index contributed by atoms with van der Waals surface area (Å²) in [7, 11) is 0. The first-order valence-electron chi connectivity index (χ1n) is 6.45. The van der Waals surface area contributed by atoms with Crippen molar-refractivity contribution in [3.63, 3.8) is 0 Å². The normalized spacial score (nSPS) is 18.5. The van der Waals surface area contributed by atoms with Crippen molar-refractivity contribution in [2.45, 2.75) is 29.9 Å². The van der Waals surface area contributed by atoms with Crippen LogP contribution in [0.2, 0.25) is 0 Å². The van der Waals surface area contributed by atoms with Crippen LogP contribution >= 0.6 is 11.8 Å². The number of aliphatic carboxylic acids is 2. The zero-order valence-corrected chi connectivity index (χ0v) is 12.3. The van der Waals surface area contributed by atoms with Crippen LogP contribution in [0.1, 0.15) is 11.1 Å². The smallest absolute Gasteiger partial charge is 0.321 e. The first kappa shape index (κ1) is 16.4. The molecule has 0 spiro atoms. The van der Waals surface area contributed by atoms with Gasteiger partial charge in [0.15, 0.2) is 11.5 Å². The number of hydrogen-bond acceptors (Lipinski definition) is 7. The van der Waals surface area contributed by atoms with Gasteiger partial charge >= 0.3 is 11.9 Å². The van der Waals surface area contributed by atoms with Crippen LogP contribution in [0, 0.1) is 0 Å². The molecule has 7 N–H and O–H groups in total. The second kappa shape index (κ2) is 6.42. The molecule has 0 bridgehead atoms. The Labute approximate surface area is 129 Å². The Hall–Kier alpha value is -1.97. The molecule has 0 unspecified atom stereocenters. The van der Waals surface area contributed by atoms with E-state index in [9.17, 15) is 19.8 Å². The number of rotatable bonds is 5. The molecule has 1 aromatic carbocycles. The van der Waals surface area contributed by atoms with E-state index in [4.69, 9.17) is 15.9 Å². The van der Waals surface area contributed by atoms with Crippen LogP contribution in [0.5, 0.6) is 11.5 Å². The Balaban J connectivity index is 2.26. The molecule has 1 aromatic rings. The fourth-order valence-electron chi connectivity index (χ4n) is 2.16. The van der Waals surface area contributed by atoms with E-state index < -0.39 is 24.0 Å². The van der Waals surface area contributed by atoms with Crippen molar-refractivity contribution in [2.24, 2.45) is 5.73 Å². The zero-order valence-electron chi connectivity index (χ0n) is 11.4. The third kappa shape index (κ3) is 3.26. The van der Waals surface area contributed by atoms with E-state index >= 15 is 0 Å². The molecule has 0 saturated heterocycles. The molecule has 2 atom stereocenters. The predicted molar refractivity (Wildman–Crippen MR) is 78.1 cm³/mol. The van der Waals surface area contributed by atoms with Crippen LogP contribution in [-0.2, 0) is 22.6 Å². The maximum Gasteiger partial charge on any atom is 0.321 e. The van der Waals surface area contributed by atoms with Crippen LogP contribution in [0.3, 0.4) is 0 Å². The van der Waals surface area contributed by atoms with E-state index in [0.717, 1.165) is 11.8 Å². The summed E-state index contributed by atoms with van der Waals surface area (Å²) in [4.78, 5) is 22.0. The summed E-state index contributed by atoms with van der Waals surface area (Å²) in [5.74, 6) is -2.82. The number of carbonyl (C=O) groups is 2. The Morgan fingerprint density at radius 3 is 2.64 bits per heavy atom. The molecule has 0 fully saturated rings. The van der Waals surface area contributed by atoms with Crippen LogP contribution < -0.4 is 11.1 Å². The van der Waals surface area contributed by atoms with Gasteiger partial charge in [-0.1, -0.05) is 0 Å². The van der Waals surface area contributed by atoms with E-state index in [0.29, 0.717) is 11.1 Å². The topological polar surface area (TPSA) is 153 Å². The average molecular weight is 328 g/mol. The van der Waals surface area contributed by atoms with E-state index in [2.05, 4.69) is 5.32 Å². The molecule has 1 aliphatic rings. The second-order valence-corrected chi connectivity index (χ2v) is 6.00. The van der Waals surface area contributed by atoms with E-state index in [1.807, 2.05) is 0 Å². The lowest BCUT2D eigenvalue weighted by Crippen LogP contribution is -2.41. The predicted octanol–water partition coefficient (Wildman–Crippen LogP) is -0.299. The number of phenolic OH excluding ortho intramolecular Hbond substituents is 2. The van der Waals surface area contributed by atoms with Crippen LogP contribution in [0.25, 0.3) is 0 Å². The number of hydrogen-bond donors (Lipinski definition) is 6. The lowest BCUT2D eigenvalue weighted by molar-refractivity contribution is -0.140. The average Bonchev–Trinajstić information content (AvgIpc) is 2.48. The van der Waals surface area contributed by atoms with Gasteiger partial charge in [-0.15, -0.1) is 11.8 Å². The Morgan fingerprint density at radius 2 is 2.05 bits per heavy atom. The minimum Gasteiger partial charge on any atom is -0.504 e. The summed E-state index contributed by atoms with van der Waals surface area (Å²) in [6.07, 6.45) is 0.164. The molecule has 0 radical (unpaired) electrons. The fraction of sp³-hybridized carbons (Fsp3) is 0.385. The number of carboxylic acid groups (broad SMARTS) is 2. The number of fused-ring (bicyclic) bond motifs is 1. The molecule has 2 rings (SSSR count). The minimum atomic E-state index is -1.16. The van der Waals surface area contributed by atoms with Gasteiger partial charge in [-0.3, -0.25) is 14.9 Å². The van der Waals surface area contributed by atoms with Crippen molar-refractivity contribution >= 4 is 23.7 Å². The highest BCUT2D eigenvalue weighted by molar-refractivity contribution is 7.99. The van der Waals surface area contributed by atoms with Crippen molar-refractivity contribution in [3.8, 4) is 11.5 Å². The highest BCUT2D eigenvalue weighted by atomic mass is 32.2. The van der Waals surface area contributed by atoms with E-state index in [-0.39, 0.29) is 35.1 Å². The molecule has 0 amide bonds. The Morgan fingerprint density at radius 1 is 1.36 bits per heavy atom. The SMILES string of the molecule is N[C@H](CSc1cc2c(c(O)c1O)CN[C@H](C(=O)O)C2)C(=O)O. The summed E-state index contributed by atoms with van der Waals surface area (Å²) < 4.78 is 0. The zero-order chi connectivity index (χ0) is 16.4. The summed E-state index contributed by atoms with van der Waals surface area (Å²) in [5.41, 5.74) is 6.45. The van der Waals surface area contributed by atoms with Gasteiger partial charge in [-0.25, -0.2) is 0 Å². The van der Waals surface area contributed by atoms with Crippen LogP contribution in [0.15, 0.2) is 11.0 Å². The van der Waals surface area contributed by atoms with Gasteiger partial charge in [0.05, 0.1) is 4.90 Å². The summed E-state index contributed by atoms with van der Waals surface area (Å²) in [6, 6.07) is -0.299. The van der Waals surface area contributed by atoms with E-state index in [1.165, 1.54) is 0 Å². The molecular weight excluding hydrogens is 312 g/mol. The number of thioether (sulfide) groups is 1. The molecule has 9 heteroatoms. The maximum atomic E-state index is 11.0. The standard InChI is InChI=1S/C13H16N2O6S/c14-7(12(18)19)4-22-9-2-5-1-8(13(20)21)15-3-6(5)10(16)11(9)17/h2,7-8,15-17H,1,3-4,14H2,(H,18,19)(H,20,21)/t7-,8+/m1/s1. The molecule has 8 nitrogen and oxygen atoms in total. The van der Waals surface area contributed by atoms with Crippen molar-refractivity contribution in [1.82, 2.24) is 5.32 Å². The monoisotopic (exact) mass is 328 g/mol. The van der Waals surface area contributed by atoms with Gasteiger partial charge in [0.1, 0.15) is 12.1 Å². The molecule has 22 heavy (non-hydrogen) atoms. The number of aromatic hydroxyl groups is 2. The van der Waals surface area contributed by atoms with Crippen molar-refractivity contribution in [3.05, 3.63) is 17.2 Å². The van der Waals surface area contributed by atoms with Gasteiger partial charge in [0.2, 0.25) is 0 Å². The Bertz CT molecular complexity index is 621. The molecule has 120 valence electrons. The van der Waals surface area contributed by atoms with Crippen molar-refractivity contribution in [2.75, 3.05) is 5.75 Å². The highest BCUT2D eigenvalue weighted by Crippen LogP contribution is 2.42. The second-order valence-electron chi connectivity index (χ2n) is 4.94. The first-order chi connectivity index (χ1) is 10.3. The molecule has 1 aliphatic heterocycles.